The number of allylic oxidation sites excluding steroid dienone is 2. The van der Waals surface area contributed by atoms with Crippen LogP contribution in [-0.2, 0) is 6.54 Å². The van der Waals surface area contributed by atoms with E-state index in [0.717, 1.165) is 42.9 Å². The first-order chi connectivity index (χ1) is 15.9. The van der Waals surface area contributed by atoms with Crippen molar-refractivity contribution in [3.63, 3.8) is 0 Å². The molecule has 0 bridgehead atoms. The van der Waals surface area contributed by atoms with Crippen LogP contribution >= 0.6 is 11.3 Å². The fraction of sp³-hybridized carbons (Fsp3) is 0.200. The summed E-state index contributed by atoms with van der Waals surface area (Å²) in [5.41, 5.74) is 6.94. The zero-order chi connectivity index (χ0) is 23.6. The van der Waals surface area contributed by atoms with Crippen LogP contribution in [0.3, 0.4) is 0 Å². The number of hydrogen-bond acceptors (Lipinski definition) is 3. The van der Waals surface area contributed by atoms with E-state index in [-0.39, 0.29) is 0 Å². The van der Waals surface area contributed by atoms with E-state index in [0.29, 0.717) is 0 Å². The predicted octanol–water partition coefficient (Wildman–Crippen LogP) is 8.15. The highest BCUT2D eigenvalue weighted by molar-refractivity contribution is 7.11. The lowest BCUT2D eigenvalue weighted by Gasteiger charge is -2.30. The van der Waals surface area contributed by atoms with E-state index in [1.807, 2.05) is 6.07 Å². The fourth-order valence-electron chi connectivity index (χ4n) is 3.60. The topological polar surface area (TPSA) is 6.48 Å². The SMILES string of the molecule is C=C(C)CCC(=C)N(C/C(=C/N(C)c1ccccc1)C(=C)c1cccs1)Cc1ccccc1. The van der Waals surface area contributed by atoms with Gasteiger partial charge >= 0.3 is 0 Å². The summed E-state index contributed by atoms with van der Waals surface area (Å²) < 4.78 is 0. The third-order valence-electron chi connectivity index (χ3n) is 5.58. The summed E-state index contributed by atoms with van der Waals surface area (Å²) in [6, 6.07) is 25.2. The van der Waals surface area contributed by atoms with Gasteiger partial charge in [0.15, 0.2) is 0 Å². The third-order valence-corrected chi connectivity index (χ3v) is 6.51. The van der Waals surface area contributed by atoms with Crippen LogP contribution in [0.1, 0.15) is 30.2 Å². The van der Waals surface area contributed by atoms with Gasteiger partial charge in [-0.1, -0.05) is 73.3 Å². The van der Waals surface area contributed by atoms with E-state index in [1.54, 1.807) is 11.3 Å². The maximum absolute atomic E-state index is 4.48. The smallest absolute Gasteiger partial charge is 0.0450 e. The Morgan fingerprint density at radius 1 is 0.879 bits per heavy atom. The van der Waals surface area contributed by atoms with Gasteiger partial charge in [0.2, 0.25) is 0 Å². The maximum atomic E-state index is 4.48. The second-order valence-electron chi connectivity index (χ2n) is 8.42. The fourth-order valence-corrected chi connectivity index (χ4v) is 4.33. The van der Waals surface area contributed by atoms with E-state index < -0.39 is 0 Å². The van der Waals surface area contributed by atoms with E-state index in [1.165, 1.54) is 21.6 Å². The minimum absolute atomic E-state index is 0.734. The van der Waals surface area contributed by atoms with Crippen molar-refractivity contribution < 1.29 is 0 Å². The average molecular weight is 455 g/mol. The zero-order valence-electron chi connectivity index (χ0n) is 19.8. The monoisotopic (exact) mass is 454 g/mol. The van der Waals surface area contributed by atoms with Crippen LogP contribution in [0.2, 0.25) is 0 Å². The highest BCUT2D eigenvalue weighted by Crippen LogP contribution is 2.29. The van der Waals surface area contributed by atoms with Crippen molar-refractivity contribution in [1.82, 2.24) is 4.90 Å². The van der Waals surface area contributed by atoms with Crippen LogP contribution in [0.25, 0.3) is 5.57 Å². The molecule has 0 aliphatic rings. The molecule has 0 N–H and O–H groups in total. The normalized spacial score (nSPS) is 11.2. The van der Waals surface area contributed by atoms with Crippen molar-refractivity contribution in [2.75, 3.05) is 18.5 Å². The minimum Gasteiger partial charge on any atom is -0.367 e. The number of anilines is 1. The standard InChI is InChI=1S/C30H34N2S/c1-24(2)18-19-25(3)32(21-27-13-8-6-9-14-27)23-28(26(4)30-17-12-20-33-30)22-31(5)29-15-10-7-11-16-29/h6-17,20,22H,1,3-4,18-19,21,23H2,2,5H3/b28-22-. The van der Waals surface area contributed by atoms with E-state index in [9.17, 15) is 0 Å². The van der Waals surface area contributed by atoms with Crippen LogP contribution in [0.5, 0.6) is 0 Å². The lowest BCUT2D eigenvalue weighted by Crippen LogP contribution is -2.26. The zero-order valence-corrected chi connectivity index (χ0v) is 20.7. The molecule has 1 aromatic heterocycles. The van der Waals surface area contributed by atoms with Crippen LogP contribution in [0.15, 0.2) is 121 Å². The summed E-state index contributed by atoms with van der Waals surface area (Å²) in [7, 11) is 2.09. The van der Waals surface area contributed by atoms with Gasteiger partial charge in [0, 0.05) is 42.6 Å². The Bertz CT molecular complexity index is 1080. The van der Waals surface area contributed by atoms with Gasteiger partial charge in [-0.25, -0.2) is 0 Å². The van der Waals surface area contributed by atoms with Crippen molar-refractivity contribution in [3.05, 3.63) is 131 Å². The number of hydrogen-bond donors (Lipinski definition) is 0. The summed E-state index contributed by atoms with van der Waals surface area (Å²) in [5, 5.41) is 2.10. The highest BCUT2D eigenvalue weighted by Gasteiger charge is 2.16. The van der Waals surface area contributed by atoms with Gasteiger partial charge in [-0.3, -0.25) is 0 Å². The lowest BCUT2D eigenvalue weighted by molar-refractivity contribution is 0.355. The molecule has 2 nitrogen and oxygen atoms in total. The highest BCUT2D eigenvalue weighted by atomic mass is 32.1. The van der Waals surface area contributed by atoms with Gasteiger partial charge in [0.05, 0.1) is 0 Å². The number of nitrogens with zero attached hydrogens (tertiary/aromatic N) is 2. The Morgan fingerprint density at radius 2 is 1.55 bits per heavy atom. The molecule has 0 amide bonds. The number of benzene rings is 2. The molecular weight excluding hydrogens is 420 g/mol. The minimum atomic E-state index is 0.734. The van der Waals surface area contributed by atoms with Gasteiger partial charge < -0.3 is 9.80 Å². The molecule has 0 unspecified atom stereocenters. The number of thiophene rings is 1. The van der Waals surface area contributed by atoms with E-state index in [4.69, 9.17) is 0 Å². The first-order valence-corrected chi connectivity index (χ1v) is 12.1. The molecule has 3 heteroatoms. The maximum Gasteiger partial charge on any atom is 0.0450 e. The van der Waals surface area contributed by atoms with Crippen molar-refractivity contribution in [3.8, 4) is 0 Å². The lowest BCUT2D eigenvalue weighted by atomic mass is 10.0. The molecule has 170 valence electrons. The van der Waals surface area contributed by atoms with Crippen molar-refractivity contribution in [2.24, 2.45) is 0 Å². The Labute approximate surface area is 203 Å². The van der Waals surface area contributed by atoms with Crippen LogP contribution in [0.4, 0.5) is 5.69 Å². The molecule has 0 radical (unpaired) electrons. The Balaban J connectivity index is 1.92. The van der Waals surface area contributed by atoms with Crippen molar-refractivity contribution in [2.45, 2.75) is 26.3 Å². The number of para-hydroxylation sites is 1. The summed E-state index contributed by atoms with van der Waals surface area (Å²) >= 11 is 1.72. The molecule has 0 saturated carbocycles. The van der Waals surface area contributed by atoms with E-state index >= 15 is 0 Å². The molecule has 0 atom stereocenters. The summed E-state index contributed by atoms with van der Waals surface area (Å²) in [4.78, 5) is 5.74. The van der Waals surface area contributed by atoms with Gasteiger partial charge in [-0.2, -0.15) is 0 Å². The molecule has 3 aromatic rings. The third kappa shape index (κ3) is 7.37. The molecule has 0 aliphatic carbocycles. The van der Waals surface area contributed by atoms with E-state index in [2.05, 4.69) is 122 Å². The molecule has 0 fully saturated rings. The quantitative estimate of drug-likeness (QED) is 0.201. The van der Waals surface area contributed by atoms with Crippen LogP contribution < -0.4 is 4.90 Å². The largest absolute Gasteiger partial charge is 0.367 e. The predicted molar refractivity (Wildman–Crippen MR) is 146 cm³/mol. The Kier molecular flexibility index (Phi) is 8.91. The summed E-state index contributed by atoms with van der Waals surface area (Å²) in [5.74, 6) is 0. The second kappa shape index (κ2) is 12.1. The molecule has 0 spiro atoms. The molecule has 33 heavy (non-hydrogen) atoms. The first-order valence-electron chi connectivity index (χ1n) is 11.3. The van der Waals surface area contributed by atoms with Gasteiger partial charge in [-0.05, 0) is 60.1 Å². The number of rotatable bonds is 12. The molecule has 0 saturated heterocycles. The molecule has 1 heterocycles. The average Bonchev–Trinajstić information content (AvgIpc) is 3.37. The van der Waals surface area contributed by atoms with Crippen LogP contribution in [0, 0.1) is 0 Å². The first kappa shape index (κ1) is 24.3. The van der Waals surface area contributed by atoms with Crippen LogP contribution in [-0.4, -0.2) is 18.5 Å². The van der Waals surface area contributed by atoms with Gasteiger partial charge in [0.25, 0.3) is 0 Å². The Morgan fingerprint density at radius 3 is 2.15 bits per heavy atom. The van der Waals surface area contributed by atoms with Gasteiger partial charge in [0.1, 0.15) is 0 Å². The molecule has 2 aromatic carbocycles. The van der Waals surface area contributed by atoms with Crippen molar-refractivity contribution >= 4 is 22.6 Å². The van der Waals surface area contributed by atoms with Crippen molar-refractivity contribution in [1.29, 1.82) is 0 Å². The molecular formula is C30H34N2S. The summed E-state index contributed by atoms with van der Waals surface area (Å²) in [6.07, 6.45) is 4.05. The molecule has 3 rings (SSSR count). The summed E-state index contributed by atoms with van der Waals surface area (Å²) in [6.45, 7) is 16.6. The second-order valence-corrected chi connectivity index (χ2v) is 9.37. The molecule has 0 aliphatic heterocycles. The Hall–Kier alpha value is -3.30. The van der Waals surface area contributed by atoms with Gasteiger partial charge in [-0.15, -0.1) is 17.9 Å².